The van der Waals surface area contributed by atoms with E-state index >= 15 is 0 Å². The Kier molecular flexibility index (Phi) is 4.74. The van der Waals surface area contributed by atoms with Crippen LogP contribution in [0.1, 0.15) is 31.2 Å². The summed E-state index contributed by atoms with van der Waals surface area (Å²) in [7, 11) is 0. The highest BCUT2D eigenvalue weighted by molar-refractivity contribution is 6.00. The number of rotatable bonds is 6. The summed E-state index contributed by atoms with van der Waals surface area (Å²) in [6.07, 6.45) is 2.54. The third-order valence-electron chi connectivity index (χ3n) is 4.21. The Hall–Kier alpha value is -2.50. The predicted octanol–water partition coefficient (Wildman–Crippen LogP) is 3.95. The number of carbonyl (C=O) groups is 1. The maximum Gasteiger partial charge on any atom is 0.323 e. The van der Waals surface area contributed by atoms with E-state index in [0.29, 0.717) is 0 Å². The van der Waals surface area contributed by atoms with Crippen LogP contribution in [-0.2, 0) is 6.54 Å². The van der Waals surface area contributed by atoms with Crippen molar-refractivity contribution in [2.24, 2.45) is 5.92 Å². The van der Waals surface area contributed by atoms with E-state index in [-0.39, 0.29) is 6.03 Å². The molecule has 0 aliphatic heterocycles. The standard InChI is InChI=1S/C18H24N4O2/c1-4-22-13(3)17(12(2)21-22)20-18(23)19-15-7-9-16(10-8-15)24-11-14-5-6-14/h7-10,14H,4-6,11H2,1-3H3,(H2,19,20,23). The van der Waals surface area contributed by atoms with Crippen molar-refractivity contribution >= 4 is 17.4 Å². The first-order valence-electron chi connectivity index (χ1n) is 8.41. The lowest BCUT2D eigenvalue weighted by Crippen LogP contribution is -2.20. The Balaban J connectivity index is 1.57. The summed E-state index contributed by atoms with van der Waals surface area (Å²) >= 11 is 0. The van der Waals surface area contributed by atoms with Gasteiger partial charge in [0.15, 0.2) is 0 Å². The lowest BCUT2D eigenvalue weighted by Gasteiger charge is -2.09. The number of aromatic nitrogens is 2. The van der Waals surface area contributed by atoms with Gasteiger partial charge >= 0.3 is 6.03 Å². The van der Waals surface area contributed by atoms with Crippen LogP contribution < -0.4 is 15.4 Å². The first-order chi connectivity index (χ1) is 11.6. The number of hydrogen-bond donors (Lipinski definition) is 2. The van der Waals surface area contributed by atoms with Crippen molar-refractivity contribution in [1.29, 1.82) is 0 Å². The van der Waals surface area contributed by atoms with Gasteiger partial charge in [-0.15, -0.1) is 0 Å². The second-order valence-corrected chi connectivity index (χ2v) is 6.22. The molecule has 1 aliphatic carbocycles. The Morgan fingerprint density at radius 3 is 2.54 bits per heavy atom. The van der Waals surface area contributed by atoms with Gasteiger partial charge in [-0.25, -0.2) is 4.79 Å². The van der Waals surface area contributed by atoms with Crippen molar-refractivity contribution in [2.45, 2.75) is 40.2 Å². The zero-order valence-electron chi connectivity index (χ0n) is 14.4. The molecule has 0 radical (unpaired) electrons. The Labute approximate surface area is 142 Å². The lowest BCUT2D eigenvalue weighted by molar-refractivity contribution is 0.262. The second kappa shape index (κ2) is 6.95. The van der Waals surface area contributed by atoms with Gasteiger partial charge in [0.25, 0.3) is 0 Å². The molecule has 1 fully saturated rings. The SMILES string of the molecule is CCn1nc(C)c(NC(=O)Nc2ccc(OCC3CC3)cc2)c1C. The first kappa shape index (κ1) is 16.4. The minimum Gasteiger partial charge on any atom is -0.493 e. The molecule has 24 heavy (non-hydrogen) atoms. The van der Waals surface area contributed by atoms with E-state index in [1.165, 1.54) is 12.8 Å². The number of ether oxygens (including phenoxy) is 1. The number of amides is 2. The summed E-state index contributed by atoms with van der Waals surface area (Å²) in [6.45, 7) is 7.42. The van der Waals surface area contributed by atoms with Crippen LogP contribution in [0.15, 0.2) is 24.3 Å². The fraction of sp³-hybridized carbons (Fsp3) is 0.444. The molecule has 2 N–H and O–H groups in total. The van der Waals surface area contributed by atoms with Gasteiger partial charge in [-0.05, 0) is 63.8 Å². The quantitative estimate of drug-likeness (QED) is 0.843. The molecule has 2 aromatic rings. The van der Waals surface area contributed by atoms with Crippen molar-refractivity contribution in [2.75, 3.05) is 17.2 Å². The summed E-state index contributed by atoms with van der Waals surface area (Å²) in [4.78, 5) is 12.2. The number of aryl methyl sites for hydroxylation is 2. The molecule has 6 nitrogen and oxygen atoms in total. The van der Waals surface area contributed by atoms with E-state index in [4.69, 9.17) is 4.74 Å². The largest absolute Gasteiger partial charge is 0.493 e. The van der Waals surface area contributed by atoms with Crippen molar-refractivity contribution < 1.29 is 9.53 Å². The lowest BCUT2D eigenvalue weighted by atomic mass is 10.3. The van der Waals surface area contributed by atoms with Crippen LogP contribution in [-0.4, -0.2) is 22.4 Å². The Morgan fingerprint density at radius 1 is 1.25 bits per heavy atom. The topological polar surface area (TPSA) is 68.2 Å². The molecule has 128 valence electrons. The normalized spacial score (nSPS) is 13.6. The number of nitrogens with zero attached hydrogens (tertiary/aromatic N) is 2. The second-order valence-electron chi connectivity index (χ2n) is 6.22. The zero-order valence-corrected chi connectivity index (χ0v) is 14.4. The minimum atomic E-state index is -0.275. The maximum atomic E-state index is 12.2. The molecular weight excluding hydrogens is 304 g/mol. The minimum absolute atomic E-state index is 0.275. The fourth-order valence-electron chi connectivity index (χ4n) is 2.59. The third-order valence-corrected chi connectivity index (χ3v) is 4.21. The number of carbonyl (C=O) groups excluding carboxylic acids is 1. The van der Waals surface area contributed by atoms with E-state index in [9.17, 15) is 4.79 Å². The van der Waals surface area contributed by atoms with Gasteiger partial charge in [0.1, 0.15) is 5.75 Å². The number of nitrogens with one attached hydrogen (secondary N) is 2. The van der Waals surface area contributed by atoms with Crippen molar-refractivity contribution in [3.8, 4) is 5.75 Å². The van der Waals surface area contributed by atoms with Gasteiger partial charge in [-0.3, -0.25) is 4.68 Å². The predicted molar refractivity (Wildman–Crippen MR) is 94.7 cm³/mol. The summed E-state index contributed by atoms with van der Waals surface area (Å²) in [5, 5.41) is 10.1. The molecule has 1 aliphatic rings. The van der Waals surface area contributed by atoms with E-state index in [1.807, 2.05) is 49.7 Å². The molecular formula is C18H24N4O2. The number of urea groups is 1. The van der Waals surface area contributed by atoms with E-state index in [0.717, 1.165) is 47.6 Å². The monoisotopic (exact) mass is 328 g/mol. The van der Waals surface area contributed by atoms with Gasteiger partial charge in [0.05, 0.1) is 23.7 Å². The molecule has 1 heterocycles. The number of anilines is 2. The van der Waals surface area contributed by atoms with Crippen LogP contribution in [0.5, 0.6) is 5.75 Å². The van der Waals surface area contributed by atoms with Crippen LogP contribution in [0.25, 0.3) is 0 Å². The van der Waals surface area contributed by atoms with E-state index in [1.54, 1.807) is 0 Å². The van der Waals surface area contributed by atoms with Crippen LogP contribution in [0.3, 0.4) is 0 Å². The van der Waals surface area contributed by atoms with E-state index < -0.39 is 0 Å². The highest BCUT2D eigenvalue weighted by Gasteiger charge is 2.21. The number of benzene rings is 1. The summed E-state index contributed by atoms with van der Waals surface area (Å²) in [6, 6.07) is 7.17. The Morgan fingerprint density at radius 2 is 1.96 bits per heavy atom. The van der Waals surface area contributed by atoms with Crippen LogP contribution in [0, 0.1) is 19.8 Å². The molecule has 3 rings (SSSR count). The maximum absolute atomic E-state index is 12.2. The van der Waals surface area contributed by atoms with Gasteiger partial charge in [0.2, 0.25) is 0 Å². The zero-order chi connectivity index (χ0) is 17.1. The Bertz CT molecular complexity index is 717. The third kappa shape index (κ3) is 3.88. The molecule has 1 saturated carbocycles. The molecule has 0 spiro atoms. The number of hydrogen-bond acceptors (Lipinski definition) is 3. The molecule has 0 unspecified atom stereocenters. The highest BCUT2D eigenvalue weighted by Crippen LogP contribution is 2.29. The van der Waals surface area contributed by atoms with E-state index in [2.05, 4.69) is 15.7 Å². The van der Waals surface area contributed by atoms with Crippen molar-refractivity contribution in [3.05, 3.63) is 35.7 Å². The molecule has 2 amide bonds. The molecule has 1 aromatic heterocycles. The van der Waals surface area contributed by atoms with Gasteiger partial charge < -0.3 is 15.4 Å². The van der Waals surface area contributed by atoms with Crippen LogP contribution in [0.4, 0.5) is 16.2 Å². The highest BCUT2D eigenvalue weighted by atomic mass is 16.5. The van der Waals surface area contributed by atoms with Crippen LogP contribution in [0.2, 0.25) is 0 Å². The molecule has 0 atom stereocenters. The van der Waals surface area contributed by atoms with Gasteiger partial charge in [0, 0.05) is 12.2 Å². The van der Waals surface area contributed by atoms with Crippen molar-refractivity contribution in [1.82, 2.24) is 9.78 Å². The molecule has 0 bridgehead atoms. The fourth-order valence-corrected chi connectivity index (χ4v) is 2.59. The van der Waals surface area contributed by atoms with Crippen LogP contribution >= 0.6 is 0 Å². The van der Waals surface area contributed by atoms with Crippen molar-refractivity contribution in [3.63, 3.8) is 0 Å². The summed E-state index contributed by atoms with van der Waals surface area (Å²) < 4.78 is 7.56. The summed E-state index contributed by atoms with van der Waals surface area (Å²) in [5.74, 6) is 1.56. The first-order valence-corrected chi connectivity index (χ1v) is 8.41. The van der Waals surface area contributed by atoms with Gasteiger partial charge in [-0.1, -0.05) is 0 Å². The summed E-state index contributed by atoms with van der Waals surface area (Å²) in [5.41, 5.74) is 3.26. The molecule has 0 saturated heterocycles. The smallest absolute Gasteiger partial charge is 0.323 e. The molecule has 6 heteroatoms. The average molecular weight is 328 g/mol. The average Bonchev–Trinajstić information content (AvgIpc) is 3.36. The van der Waals surface area contributed by atoms with Gasteiger partial charge in [-0.2, -0.15) is 5.10 Å². The molecule has 1 aromatic carbocycles.